The first-order chi connectivity index (χ1) is 8.60. The van der Waals surface area contributed by atoms with Gasteiger partial charge in [0.15, 0.2) is 5.69 Å². The van der Waals surface area contributed by atoms with E-state index in [4.69, 9.17) is 10.5 Å². The molecule has 1 aromatic heterocycles. The van der Waals surface area contributed by atoms with Crippen LogP contribution in [-0.2, 0) is 18.3 Å². The molecule has 1 atom stereocenters. The van der Waals surface area contributed by atoms with Gasteiger partial charge in [-0.3, -0.25) is 9.58 Å². The zero-order valence-corrected chi connectivity index (χ0v) is 10.9. The van der Waals surface area contributed by atoms with Crippen molar-refractivity contribution >= 4 is 5.97 Å². The Labute approximate surface area is 107 Å². The van der Waals surface area contributed by atoms with E-state index in [9.17, 15) is 4.79 Å². The van der Waals surface area contributed by atoms with Crippen molar-refractivity contribution in [2.75, 3.05) is 19.7 Å². The number of ether oxygens (including phenoxy) is 1. The Morgan fingerprint density at radius 2 is 2.44 bits per heavy atom. The van der Waals surface area contributed by atoms with Crippen LogP contribution in [0.5, 0.6) is 0 Å². The van der Waals surface area contributed by atoms with Crippen molar-refractivity contribution in [2.45, 2.75) is 25.9 Å². The lowest BCUT2D eigenvalue weighted by Crippen LogP contribution is -2.26. The standard InChI is InChI=1S/C12H20N4O2/c1-3-18-12(17)11-9(6-15(2)14-11)7-16-5-4-10(13)8-16/h6,10H,3-5,7-8,13H2,1-2H3. The van der Waals surface area contributed by atoms with Crippen molar-refractivity contribution in [1.29, 1.82) is 0 Å². The molecule has 0 aliphatic carbocycles. The Hall–Kier alpha value is -1.40. The van der Waals surface area contributed by atoms with Crippen LogP contribution < -0.4 is 5.73 Å². The van der Waals surface area contributed by atoms with Gasteiger partial charge in [0.1, 0.15) is 0 Å². The lowest BCUT2D eigenvalue weighted by Gasteiger charge is -2.14. The molecule has 0 bridgehead atoms. The highest BCUT2D eigenvalue weighted by Crippen LogP contribution is 2.15. The maximum Gasteiger partial charge on any atom is 0.359 e. The Kier molecular flexibility index (Phi) is 3.98. The summed E-state index contributed by atoms with van der Waals surface area (Å²) in [6.07, 6.45) is 2.88. The van der Waals surface area contributed by atoms with E-state index >= 15 is 0 Å². The number of carbonyl (C=O) groups is 1. The third-order valence-electron chi connectivity index (χ3n) is 3.08. The lowest BCUT2D eigenvalue weighted by atomic mass is 10.2. The Bertz CT molecular complexity index is 430. The molecule has 18 heavy (non-hydrogen) atoms. The molecule has 1 aliphatic heterocycles. The van der Waals surface area contributed by atoms with E-state index in [1.54, 1.807) is 11.6 Å². The van der Waals surface area contributed by atoms with Crippen molar-refractivity contribution in [3.63, 3.8) is 0 Å². The zero-order chi connectivity index (χ0) is 13.1. The molecule has 6 heteroatoms. The normalized spacial score (nSPS) is 20.3. The average molecular weight is 252 g/mol. The summed E-state index contributed by atoms with van der Waals surface area (Å²) in [5, 5.41) is 4.17. The zero-order valence-electron chi connectivity index (χ0n) is 10.9. The van der Waals surface area contributed by atoms with Gasteiger partial charge in [-0.05, 0) is 13.3 Å². The van der Waals surface area contributed by atoms with Crippen molar-refractivity contribution in [3.8, 4) is 0 Å². The second-order valence-electron chi connectivity index (χ2n) is 4.68. The number of hydrogen-bond acceptors (Lipinski definition) is 5. The molecule has 6 nitrogen and oxygen atoms in total. The van der Waals surface area contributed by atoms with Crippen LogP contribution in [0.3, 0.4) is 0 Å². The number of rotatable bonds is 4. The van der Waals surface area contributed by atoms with Gasteiger partial charge in [0.05, 0.1) is 6.61 Å². The molecule has 0 amide bonds. The monoisotopic (exact) mass is 252 g/mol. The van der Waals surface area contributed by atoms with Gasteiger partial charge >= 0.3 is 5.97 Å². The SMILES string of the molecule is CCOC(=O)c1nn(C)cc1CN1CCC(N)C1. The highest BCUT2D eigenvalue weighted by atomic mass is 16.5. The van der Waals surface area contributed by atoms with Crippen molar-refractivity contribution in [2.24, 2.45) is 12.8 Å². The first-order valence-electron chi connectivity index (χ1n) is 6.27. The summed E-state index contributed by atoms with van der Waals surface area (Å²) in [5.74, 6) is -0.350. The van der Waals surface area contributed by atoms with Gasteiger partial charge in [0, 0.05) is 44.5 Å². The van der Waals surface area contributed by atoms with Gasteiger partial charge in [0.25, 0.3) is 0 Å². The van der Waals surface area contributed by atoms with E-state index in [0.717, 1.165) is 25.1 Å². The molecule has 0 saturated carbocycles. The van der Waals surface area contributed by atoms with Crippen molar-refractivity contribution in [3.05, 3.63) is 17.5 Å². The van der Waals surface area contributed by atoms with Crippen molar-refractivity contribution in [1.82, 2.24) is 14.7 Å². The molecule has 0 spiro atoms. The Balaban J connectivity index is 2.09. The highest BCUT2D eigenvalue weighted by Gasteiger charge is 2.23. The highest BCUT2D eigenvalue weighted by molar-refractivity contribution is 5.88. The van der Waals surface area contributed by atoms with E-state index < -0.39 is 0 Å². The Morgan fingerprint density at radius 1 is 1.67 bits per heavy atom. The fourth-order valence-electron chi connectivity index (χ4n) is 2.27. The van der Waals surface area contributed by atoms with Crippen LogP contribution >= 0.6 is 0 Å². The quantitative estimate of drug-likeness (QED) is 0.771. The van der Waals surface area contributed by atoms with Crippen LogP contribution in [0, 0.1) is 0 Å². The second-order valence-corrected chi connectivity index (χ2v) is 4.68. The van der Waals surface area contributed by atoms with Gasteiger partial charge in [0.2, 0.25) is 0 Å². The largest absolute Gasteiger partial charge is 0.461 e. The molecule has 2 N–H and O–H groups in total. The smallest absolute Gasteiger partial charge is 0.359 e. The van der Waals surface area contributed by atoms with Crippen LogP contribution in [0.1, 0.15) is 29.4 Å². The molecule has 1 aliphatic rings. The number of nitrogens with zero attached hydrogens (tertiary/aromatic N) is 3. The minimum Gasteiger partial charge on any atom is -0.461 e. The first-order valence-corrected chi connectivity index (χ1v) is 6.27. The number of likely N-dealkylation sites (tertiary alicyclic amines) is 1. The summed E-state index contributed by atoms with van der Waals surface area (Å²) >= 11 is 0. The summed E-state index contributed by atoms with van der Waals surface area (Å²) in [5.41, 5.74) is 7.20. The fraction of sp³-hybridized carbons (Fsp3) is 0.667. The third-order valence-corrected chi connectivity index (χ3v) is 3.08. The molecule has 100 valence electrons. The lowest BCUT2D eigenvalue weighted by molar-refractivity contribution is 0.0516. The molecule has 2 rings (SSSR count). The minimum absolute atomic E-state index is 0.243. The van der Waals surface area contributed by atoms with Crippen molar-refractivity contribution < 1.29 is 9.53 Å². The van der Waals surface area contributed by atoms with E-state index in [-0.39, 0.29) is 12.0 Å². The average Bonchev–Trinajstić information content (AvgIpc) is 2.86. The number of aromatic nitrogens is 2. The predicted octanol–water partition coefficient (Wildman–Crippen LogP) is 0.130. The van der Waals surface area contributed by atoms with Crippen LogP contribution in [-0.4, -0.2) is 46.4 Å². The van der Waals surface area contributed by atoms with E-state index in [1.165, 1.54) is 0 Å². The van der Waals surface area contributed by atoms with Crippen LogP contribution in [0.15, 0.2) is 6.20 Å². The minimum atomic E-state index is -0.350. The summed E-state index contributed by atoms with van der Waals surface area (Å²) in [7, 11) is 1.81. The molecule has 1 unspecified atom stereocenters. The number of carbonyl (C=O) groups excluding carboxylic acids is 1. The maximum atomic E-state index is 11.8. The van der Waals surface area contributed by atoms with Gasteiger partial charge in [-0.25, -0.2) is 4.79 Å². The summed E-state index contributed by atoms with van der Waals surface area (Å²) in [6.45, 7) is 4.70. The maximum absolute atomic E-state index is 11.8. The second kappa shape index (κ2) is 5.49. The Morgan fingerprint density at radius 3 is 3.06 bits per heavy atom. The van der Waals surface area contributed by atoms with Crippen LogP contribution in [0.4, 0.5) is 0 Å². The summed E-state index contributed by atoms with van der Waals surface area (Å²) in [6, 6.07) is 0.243. The number of nitrogens with two attached hydrogens (primary N) is 1. The fourth-order valence-corrected chi connectivity index (χ4v) is 2.27. The third kappa shape index (κ3) is 2.88. The van der Waals surface area contributed by atoms with Gasteiger partial charge in [-0.1, -0.05) is 0 Å². The summed E-state index contributed by atoms with van der Waals surface area (Å²) in [4.78, 5) is 14.0. The van der Waals surface area contributed by atoms with Gasteiger partial charge < -0.3 is 10.5 Å². The summed E-state index contributed by atoms with van der Waals surface area (Å²) < 4.78 is 6.66. The molecule has 1 saturated heterocycles. The van der Waals surface area contributed by atoms with Gasteiger partial charge in [-0.15, -0.1) is 0 Å². The van der Waals surface area contributed by atoms with Crippen LogP contribution in [0.25, 0.3) is 0 Å². The molecule has 0 radical (unpaired) electrons. The predicted molar refractivity (Wildman–Crippen MR) is 67.0 cm³/mol. The molecular weight excluding hydrogens is 232 g/mol. The van der Waals surface area contributed by atoms with Gasteiger partial charge in [-0.2, -0.15) is 5.10 Å². The molecular formula is C12H20N4O2. The topological polar surface area (TPSA) is 73.4 Å². The number of hydrogen-bond donors (Lipinski definition) is 1. The molecule has 2 heterocycles. The number of aryl methyl sites for hydroxylation is 1. The number of esters is 1. The molecule has 1 fully saturated rings. The van der Waals surface area contributed by atoms with E-state index in [0.29, 0.717) is 18.8 Å². The first kappa shape index (κ1) is 13.0. The molecule has 1 aromatic rings. The van der Waals surface area contributed by atoms with Crippen LogP contribution in [0.2, 0.25) is 0 Å². The molecule has 0 aromatic carbocycles. The van der Waals surface area contributed by atoms with E-state index in [1.807, 2.05) is 13.2 Å². The van der Waals surface area contributed by atoms with E-state index in [2.05, 4.69) is 10.00 Å².